The number of aryl methyl sites for hydroxylation is 1. The van der Waals surface area contributed by atoms with E-state index in [1.165, 1.54) is 11.3 Å². The van der Waals surface area contributed by atoms with E-state index in [9.17, 15) is 4.79 Å². The van der Waals surface area contributed by atoms with Gasteiger partial charge in [0, 0.05) is 12.4 Å². The van der Waals surface area contributed by atoms with Crippen molar-refractivity contribution in [3.05, 3.63) is 46.1 Å². The van der Waals surface area contributed by atoms with Gasteiger partial charge in [-0.2, -0.15) is 0 Å². The van der Waals surface area contributed by atoms with Crippen molar-refractivity contribution < 1.29 is 4.79 Å². The largest absolute Gasteiger partial charge is 0.396 e. The number of rotatable bonds is 2. The fourth-order valence-electron chi connectivity index (χ4n) is 1.97. The van der Waals surface area contributed by atoms with E-state index in [4.69, 9.17) is 17.3 Å². The summed E-state index contributed by atoms with van der Waals surface area (Å²) < 4.78 is 0. The Morgan fingerprint density at radius 2 is 2.10 bits per heavy atom. The molecule has 106 valence electrons. The third-order valence-corrected chi connectivity index (χ3v) is 4.45. The number of halogens is 1. The first-order valence-electron chi connectivity index (χ1n) is 6.13. The van der Waals surface area contributed by atoms with Crippen LogP contribution >= 0.6 is 22.9 Å². The van der Waals surface area contributed by atoms with Gasteiger partial charge in [0.2, 0.25) is 0 Å². The average molecular weight is 319 g/mol. The minimum absolute atomic E-state index is 0.312. The highest BCUT2D eigenvalue weighted by atomic mass is 35.5. The third kappa shape index (κ3) is 2.43. The number of amides is 1. The van der Waals surface area contributed by atoms with Gasteiger partial charge >= 0.3 is 0 Å². The maximum absolute atomic E-state index is 12.4. The Morgan fingerprint density at radius 1 is 1.33 bits per heavy atom. The van der Waals surface area contributed by atoms with Gasteiger partial charge in [0.05, 0.1) is 16.4 Å². The van der Waals surface area contributed by atoms with Gasteiger partial charge in [-0.1, -0.05) is 23.7 Å². The summed E-state index contributed by atoms with van der Waals surface area (Å²) in [6.45, 7) is 1.87. The highest BCUT2D eigenvalue weighted by molar-refractivity contribution is 7.21. The molecule has 3 rings (SSSR count). The minimum atomic E-state index is -0.312. The molecule has 0 aliphatic heterocycles. The molecule has 0 bridgehead atoms. The molecule has 0 radical (unpaired) electrons. The van der Waals surface area contributed by atoms with Crippen LogP contribution in [0.1, 0.15) is 15.2 Å². The van der Waals surface area contributed by atoms with E-state index in [1.807, 2.05) is 19.1 Å². The molecular weight excluding hydrogens is 308 g/mol. The molecule has 0 atom stereocenters. The molecule has 2 heterocycles. The van der Waals surface area contributed by atoms with E-state index in [1.54, 1.807) is 18.5 Å². The predicted molar refractivity (Wildman–Crippen MR) is 86.0 cm³/mol. The molecule has 2 aromatic heterocycles. The maximum Gasteiger partial charge on any atom is 0.268 e. The van der Waals surface area contributed by atoms with Crippen LogP contribution in [0, 0.1) is 6.92 Å². The van der Waals surface area contributed by atoms with Gasteiger partial charge in [0.1, 0.15) is 15.2 Å². The minimum Gasteiger partial charge on any atom is -0.396 e. The Morgan fingerprint density at radius 3 is 2.81 bits per heavy atom. The zero-order chi connectivity index (χ0) is 15.0. The second-order valence-electron chi connectivity index (χ2n) is 4.44. The SMILES string of the molecule is Cc1cccc(Cl)c1NC(=O)c1sc2nccnc2c1N. The van der Waals surface area contributed by atoms with Gasteiger partial charge in [-0.05, 0) is 18.6 Å². The Kier molecular flexibility index (Phi) is 3.48. The molecule has 0 fully saturated rings. The molecule has 7 heteroatoms. The fraction of sp³-hybridized carbons (Fsp3) is 0.0714. The lowest BCUT2D eigenvalue weighted by atomic mass is 10.2. The Labute approximate surface area is 129 Å². The van der Waals surface area contributed by atoms with E-state index in [0.717, 1.165) is 5.56 Å². The fourth-order valence-corrected chi connectivity index (χ4v) is 3.16. The van der Waals surface area contributed by atoms with Crippen molar-refractivity contribution >= 4 is 50.6 Å². The van der Waals surface area contributed by atoms with Crippen molar-refractivity contribution in [3.8, 4) is 0 Å². The van der Waals surface area contributed by atoms with Crippen molar-refractivity contribution in [1.82, 2.24) is 9.97 Å². The predicted octanol–water partition coefficient (Wildman–Crippen LogP) is 3.49. The summed E-state index contributed by atoms with van der Waals surface area (Å²) in [5.41, 5.74) is 8.33. The van der Waals surface area contributed by atoms with Gasteiger partial charge in [-0.3, -0.25) is 4.79 Å². The molecule has 1 aromatic carbocycles. The van der Waals surface area contributed by atoms with E-state index < -0.39 is 0 Å². The summed E-state index contributed by atoms with van der Waals surface area (Å²) in [4.78, 5) is 21.7. The number of benzene rings is 1. The number of carbonyl (C=O) groups excluding carboxylic acids is 1. The van der Waals surface area contributed by atoms with Crippen LogP contribution in [-0.4, -0.2) is 15.9 Å². The monoisotopic (exact) mass is 318 g/mol. The van der Waals surface area contributed by atoms with Gasteiger partial charge < -0.3 is 11.1 Å². The molecule has 0 spiro atoms. The Bertz CT molecular complexity index is 826. The van der Waals surface area contributed by atoms with Crippen LogP contribution in [0.4, 0.5) is 11.4 Å². The van der Waals surface area contributed by atoms with Crippen molar-refractivity contribution in [3.63, 3.8) is 0 Å². The molecule has 1 amide bonds. The van der Waals surface area contributed by atoms with E-state index in [2.05, 4.69) is 15.3 Å². The molecule has 0 saturated carbocycles. The Hall–Kier alpha value is -2.18. The smallest absolute Gasteiger partial charge is 0.268 e. The molecule has 21 heavy (non-hydrogen) atoms. The first-order chi connectivity index (χ1) is 10.1. The number of anilines is 2. The molecule has 0 unspecified atom stereocenters. The van der Waals surface area contributed by atoms with Crippen LogP contribution in [0.2, 0.25) is 5.02 Å². The normalized spacial score (nSPS) is 10.8. The van der Waals surface area contributed by atoms with E-state index in [0.29, 0.717) is 31.6 Å². The van der Waals surface area contributed by atoms with Gasteiger partial charge in [-0.15, -0.1) is 11.3 Å². The van der Waals surface area contributed by atoms with Crippen molar-refractivity contribution in [1.29, 1.82) is 0 Å². The van der Waals surface area contributed by atoms with E-state index in [-0.39, 0.29) is 5.91 Å². The number of aromatic nitrogens is 2. The van der Waals surface area contributed by atoms with Crippen molar-refractivity contribution in [2.24, 2.45) is 0 Å². The number of carbonyl (C=O) groups is 1. The van der Waals surface area contributed by atoms with Crippen LogP contribution in [0.5, 0.6) is 0 Å². The summed E-state index contributed by atoms with van der Waals surface area (Å²) >= 11 is 7.32. The second-order valence-corrected chi connectivity index (χ2v) is 5.85. The van der Waals surface area contributed by atoms with Gasteiger partial charge in [-0.25, -0.2) is 9.97 Å². The number of hydrogen-bond donors (Lipinski definition) is 2. The van der Waals surface area contributed by atoms with E-state index >= 15 is 0 Å². The molecule has 0 aliphatic rings. The third-order valence-electron chi connectivity index (χ3n) is 3.03. The van der Waals surface area contributed by atoms with Crippen LogP contribution < -0.4 is 11.1 Å². The maximum atomic E-state index is 12.4. The lowest BCUT2D eigenvalue weighted by Crippen LogP contribution is -2.13. The first-order valence-corrected chi connectivity index (χ1v) is 7.33. The lowest BCUT2D eigenvalue weighted by molar-refractivity contribution is 0.103. The number of thiophene rings is 1. The average Bonchev–Trinajstić information content (AvgIpc) is 2.81. The number of fused-ring (bicyclic) bond motifs is 1. The molecule has 5 nitrogen and oxygen atoms in total. The zero-order valence-corrected chi connectivity index (χ0v) is 12.6. The topological polar surface area (TPSA) is 80.9 Å². The number of nitrogens with two attached hydrogens (primary N) is 1. The summed E-state index contributed by atoms with van der Waals surface area (Å²) in [7, 11) is 0. The van der Waals surface area contributed by atoms with Crippen LogP contribution in [-0.2, 0) is 0 Å². The first kappa shape index (κ1) is 13.8. The van der Waals surface area contributed by atoms with Gasteiger partial charge in [0.25, 0.3) is 5.91 Å². The summed E-state index contributed by atoms with van der Waals surface area (Å²) in [6, 6.07) is 5.43. The highest BCUT2D eigenvalue weighted by Gasteiger charge is 2.19. The number of nitrogen functional groups attached to an aromatic ring is 1. The van der Waals surface area contributed by atoms with Gasteiger partial charge in [0.15, 0.2) is 0 Å². The lowest BCUT2D eigenvalue weighted by Gasteiger charge is -2.09. The van der Waals surface area contributed by atoms with Crippen LogP contribution in [0.3, 0.4) is 0 Å². The molecule has 0 aliphatic carbocycles. The number of nitrogens with zero attached hydrogens (tertiary/aromatic N) is 2. The zero-order valence-electron chi connectivity index (χ0n) is 11.1. The molecular formula is C14H11ClN4OS. The quantitative estimate of drug-likeness (QED) is 0.758. The number of nitrogens with one attached hydrogen (secondary N) is 1. The standard InChI is InChI=1S/C14H11ClN4OS/c1-7-3-2-4-8(15)10(7)19-13(20)12-9(16)11-14(21-12)18-6-5-17-11/h2-6H,16H2,1H3,(H,19,20). The van der Waals surface area contributed by atoms with Crippen molar-refractivity contribution in [2.75, 3.05) is 11.1 Å². The number of para-hydroxylation sites is 1. The summed E-state index contributed by atoms with van der Waals surface area (Å²) in [5, 5.41) is 3.29. The van der Waals surface area contributed by atoms with Crippen LogP contribution in [0.25, 0.3) is 10.3 Å². The molecule has 3 aromatic rings. The summed E-state index contributed by atoms with van der Waals surface area (Å²) in [5.74, 6) is -0.312. The molecule has 3 N–H and O–H groups in total. The summed E-state index contributed by atoms with van der Waals surface area (Å²) in [6.07, 6.45) is 3.11. The highest BCUT2D eigenvalue weighted by Crippen LogP contribution is 2.32. The Balaban J connectivity index is 2.00. The second kappa shape index (κ2) is 5.31. The van der Waals surface area contributed by atoms with Crippen molar-refractivity contribution in [2.45, 2.75) is 6.92 Å². The molecule has 0 saturated heterocycles. The number of hydrogen-bond acceptors (Lipinski definition) is 5. The van der Waals surface area contributed by atoms with Crippen LogP contribution in [0.15, 0.2) is 30.6 Å².